The number of aryl methyl sites for hydroxylation is 1. The summed E-state index contributed by atoms with van der Waals surface area (Å²) in [4.78, 5) is 15.9. The molecule has 0 saturated carbocycles. The van der Waals surface area contributed by atoms with Crippen LogP contribution in [0, 0.1) is 6.92 Å². The van der Waals surface area contributed by atoms with Gasteiger partial charge in [-0.25, -0.2) is 0 Å². The lowest BCUT2D eigenvalue weighted by Crippen LogP contribution is -2.44. The van der Waals surface area contributed by atoms with E-state index in [1.54, 1.807) is 0 Å². The quantitative estimate of drug-likeness (QED) is 0.788. The van der Waals surface area contributed by atoms with E-state index in [2.05, 4.69) is 29.1 Å². The van der Waals surface area contributed by atoms with Gasteiger partial charge < -0.3 is 20.9 Å². The van der Waals surface area contributed by atoms with Crippen LogP contribution in [0.2, 0.25) is 0 Å². The van der Waals surface area contributed by atoms with E-state index in [-0.39, 0.29) is 5.91 Å². The fraction of sp³-hybridized carbons (Fsp3) is 0.500. The summed E-state index contributed by atoms with van der Waals surface area (Å²) in [6.07, 6.45) is 0. The topological polar surface area (TPSA) is 61.6 Å². The Morgan fingerprint density at radius 2 is 1.89 bits per heavy atom. The first-order chi connectivity index (χ1) is 8.97. The van der Waals surface area contributed by atoms with Crippen LogP contribution in [-0.4, -0.2) is 44.0 Å². The number of carbonyl (C=O) groups is 1. The van der Waals surface area contributed by atoms with E-state index >= 15 is 0 Å². The van der Waals surface area contributed by atoms with Gasteiger partial charge in [0.15, 0.2) is 0 Å². The van der Waals surface area contributed by atoms with Gasteiger partial charge in [0.05, 0.1) is 11.4 Å². The van der Waals surface area contributed by atoms with Gasteiger partial charge in [-0.1, -0.05) is 0 Å². The van der Waals surface area contributed by atoms with Gasteiger partial charge in [-0.05, 0) is 31.7 Å². The highest BCUT2D eigenvalue weighted by Gasteiger charge is 2.17. The predicted molar refractivity (Wildman–Crippen MR) is 79.6 cm³/mol. The van der Waals surface area contributed by atoms with E-state index < -0.39 is 0 Å². The largest absolute Gasteiger partial charge is 0.397 e. The van der Waals surface area contributed by atoms with Crippen LogP contribution in [0.15, 0.2) is 12.1 Å². The summed E-state index contributed by atoms with van der Waals surface area (Å²) >= 11 is 0. The average Bonchev–Trinajstić information content (AvgIpc) is 2.33. The number of rotatable bonds is 2. The number of nitrogens with two attached hydrogens (primary N) is 1. The molecule has 0 aromatic heterocycles. The van der Waals surface area contributed by atoms with Crippen molar-refractivity contribution >= 4 is 23.0 Å². The maximum Gasteiger partial charge on any atom is 0.221 e. The number of piperazine rings is 1. The molecule has 1 aliphatic rings. The Balaban J connectivity index is 2.26. The molecule has 0 radical (unpaired) electrons. The summed E-state index contributed by atoms with van der Waals surface area (Å²) in [5, 5.41) is 2.79. The number of hydrogen-bond donors (Lipinski definition) is 2. The molecule has 2 rings (SSSR count). The summed E-state index contributed by atoms with van der Waals surface area (Å²) < 4.78 is 0. The Kier molecular flexibility index (Phi) is 3.95. The molecule has 1 heterocycles. The minimum Gasteiger partial charge on any atom is -0.397 e. The van der Waals surface area contributed by atoms with Crippen LogP contribution in [0.4, 0.5) is 17.1 Å². The zero-order valence-corrected chi connectivity index (χ0v) is 11.9. The molecular formula is C14H22N4O. The summed E-state index contributed by atoms with van der Waals surface area (Å²) in [6, 6.07) is 3.91. The molecule has 5 nitrogen and oxygen atoms in total. The van der Waals surface area contributed by atoms with Crippen LogP contribution in [0.3, 0.4) is 0 Å². The highest BCUT2D eigenvalue weighted by Crippen LogP contribution is 2.30. The van der Waals surface area contributed by atoms with Crippen molar-refractivity contribution in [1.29, 1.82) is 0 Å². The van der Waals surface area contributed by atoms with Crippen molar-refractivity contribution in [2.75, 3.05) is 49.2 Å². The van der Waals surface area contributed by atoms with E-state index in [0.717, 1.165) is 37.4 Å². The average molecular weight is 262 g/mol. The highest BCUT2D eigenvalue weighted by atomic mass is 16.1. The Labute approximate surface area is 114 Å². The number of nitrogens with one attached hydrogen (secondary N) is 1. The lowest BCUT2D eigenvalue weighted by atomic mass is 10.1. The van der Waals surface area contributed by atoms with Gasteiger partial charge in [-0.3, -0.25) is 4.79 Å². The summed E-state index contributed by atoms with van der Waals surface area (Å²) in [6.45, 7) is 7.66. The number of hydrogen-bond acceptors (Lipinski definition) is 4. The number of benzene rings is 1. The Morgan fingerprint density at radius 3 is 2.47 bits per heavy atom. The first-order valence-electron chi connectivity index (χ1n) is 6.58. The first kappa shape index (κ1) is 13.7. The molecule has 1 aromatic carbocycles. The lowest BCUT2D eigenvalue weighted by molar-refractivity contribution is -0.114. The van der Waals surface area contributed by atoms with E-state index in [9.17, 15) is 4.79 Å². The van der Waals surface area contributed by atoms with Crippen molar-refractivity contribution in [1.82, 2.24) is 4.90 Å². The van der Waals surface area contributed by atoms with Crippen LogP contribution in [0.25, 0.3) is 0 Å². The van der Waals surface area contributed by atoms with Gasteiger partial charge in [0.25, 0.3) is 0 Å². The molecular weight excluding hydrogens is 240 g/mol. The van der Waals surface area contributed by atoms with Crippen LogP contribution in [-0.2, 0) is 4.79 Å². The maximum absolute atomic E-state index is 11.2. The van der Waals surface area contributed by atoms with E-state index in [4.69, 9.17) is 5.73 Å². The second kappa shape index (κ2) is 5.48. The molecule has 1 amide bonds. The van der Waals surface area contributed by atoms with Gasteiger partial charge >= 0.3 is 0 Å². The molecule has 1 saturated heterocycles. The maximum atomic E-state index is 11.2. The first-order valence-corrected chi connectivity index (χ1v) is 6.58. The molecule has 5 heteroatoms. The highest BCUT2D eigenvalue weighted by molar-refractivity contribution is 5.93. The SMILES string of the molecule is CC(=O)Nc1cc(N2CCN(C)CC2)c(C)cc1N. The minimum atomic E-state index is -0.0973. The van der Waals surface area contributed by atoms with Gasteiger partial charge in [-0.15, -0.1) is 0 Å². The number of nitrogen functional groups attached to an aromatic ring is 1. The summed E-state index contributed by atoms with van der Waals surface area (Å²) in [5.74, 6) is -0.0973. The number of amides is 1. The van der Waals surface area contributed by atoms with Crippen molar-refractivity contribution in [2.45, 2.75) is 13.8 Å². The van der Waals surface area contributed by atoms with Crippen molar-refractivity contribution in [3.05, 3.63) is 17.7 Å². The molecule has 0 unspecified atom stereocenters. The van der Waals surface area contributed by atoms with Crippen LogP contribution in [0.5, 0.6) is 0 Å². The molecule has 1 aliphatic heterocycles. The fourth-order valence-corrected chi connectivity index (χ4v) is 2.40. The molecule has 0 spiro atoms. The van der Waals surface area contributed by atoms with Crippen molar-refractivity contribution in [2.24, 2.45) is 0 Å². The predicted octanol–water partition coefficient (Wildman–Crippen LogP) is 1.29. The molecule has 0 bridgehead atoms. The second-order valence-corrected chi connectivity index (χ2v) is 5.20. The smallest absolute Gasteiger partial charge is 0.221 e. The van der Waals surface area contributed by atoms with Crippen molar-refractivity contribution in [3.63, 3.8) is 0 Å². The second-order valence-electron chi connectivity index (χ2n) is 5.20. The van der Waals surface area contributed by atoms with Gasteiger partial charge in [-0.2, -0.15) is 0 Å². The van der Waals surface area contributed by atoms with Crippen molar-refractivity contribution < 1.29 is 4.79 Å². The molecule has 104 valence electrons. The monoisotopic (exact) mass is 262 g/mol. The number of carbonyl (C=O) groups excluding carboxylic acids is 1. The zero-order valence-electron chi connectivity index (χ0n) is 11.9. The third kappa shape index (κ3) is 3.17. The Bertz CT molecular complexity index is 479. The third-order valence-electron chi connectivity index (χ3n) is 3.52. The summed E-state index contributed by atoms with van der Waals surface area (Å²) in [7, 11) is 2.13. The molecule has 3 N–H and O–H groups in total. The summed E-state index contributed by atoms with van der Waals surface area (Å²) in [5.41, 5.74) is 9.57. The van der Waals surface area contributed by atoms with Gasteiger partial charge in [0.2, 0.25) is 5.91 Å². The molecule has 1 aromatic rings. The van der Waals surface area contributed by atoms with Crippen molar-refractivity contribution in [3.8, 4) is 0 Å². The molecule has 0 aliphatic carbocycles. The normalized spacial score (nSPS) is 16.5. The Morgan fingerprint density at radius 1 is 1.26 bits per heavy atom. The minimum absolute atomic E-state index is 0.0973. The van der Waals surface area contributed by atoms with Crippen LogP contribution >= 0.6 is 0 Å². The Hall–Kier alpha value is -1.75. The lowest BCUT2D eigenvalue weighted by Gasteiger charge is -2.35. The molecule has 1 fully saturated rings. The van der Waals surface area contributed by atoms with E-state index in [0.29, 0.717) is 11.4 Å². The van der Waals surface area contributed by atoms with Gasteiger partial charge in [0, 0.05) is 38.8 Å². The fourth-order valence-electron chi connectivity index (χ4n) is 2.40. The van der Waals surface area contributed by atoms with Crippen LogP contribution < -0.4 is 16.0 Å². The number of likely N-dealkylation sites (N-methyl/N-ethyl adjacent to an activating group) is 1. The standard InChI is InChI=1S/C14H22N4O/c1-10-8-12(15)13(16-11(2)19)9-14(10)18-6-4-17(3)5-7-18/h8-9H,4-7,15H2,1-3H3,(H,16,19). The molecule has 19 heavy (non-hydrogen) atoms. The molecule has 0 atom stereocenters. The number of anilines is 3. The van der Waals surface area contributed by atoms with E-state index in [1.165, 1.54) is 6.92 Å². The van der Waals surface area contributed by atoms with Gasteiger partial charge in [0.1, 0.15) is 0 Å². The third-order valence-corrected chi connectivity index (χ3v) is 3.52. The zero-order chi connectivity index (χ0) is 14.0. The number of nitrogens with zero attached hydrogens (tertiary/aromatic N) is 2. The van der Waals surface area contributed by atoms with E-state index in [1.807, 2.05) is 12.1 Å². The van der Waals surface area contributed by atoms with Crippen LogP contribution in [0.1, 0.15) is 12.5 Å².